The molecule has 0 radical (unpaired) electrons. The van der Waals surface area contributed by atoms with Gasteiger partial charge in [-0.2, -0.15) is 0 Å². The number of pyridine rings is 1. The Morgan fingerprint density at radius 3 is 2.70 bits per heavy atom. The predicted molar refractivity (Wildman–Crippen MR) is 88.9 cm³/mol. The second-order valence-electron chi connectivity index (χ2n) is 5.12. The summed E-state index contributed by atoms with van der Waals surface area (Å²) in [6, 6.07) is 4.04. The number of hydrogen-bond acceptors (Lipinski definition) is 4. The average molecular weight is 380 g/mol. The lowest BCUT2D eigenvalue weighted by Crippen LogP contribution is -2.08. The van der Waals surface area contributed by atoms with Crippen LogP contribution in [0.4, 0.5) is 5.82 Å². The second kappa shape index (κ2) is 5.63. The normalized spacial score (nSPS) is 14.3. The van der Waals surface area contributed by atoms with E-state index in [1.807, 2.05) is 25.3 Å². The van der Waals surface area contributed by atoms with Gasteiger partial charge < -0.3 is 5.32 Å². The van der Waals surface area contributed by atoms with Gasteiger partial charge in [0.1, 0.15) is 11.5 Å². The molecule has 1 saturated carbocycles. The Balaban J connectivity index is 2.07. The van der Waals surface area contributed by atoms with Crippen LogP contribution in [0.1, 0.15) is 36.9 Å². The van der Waals surface area contributed by atoms with Crippen molar-refractivity contribution in [3.63, 3.8) is 0 Å². The molecule has 2 heterocycles. The highest BCUT2D eigenvalue weighted by Gasteiger charge is 2.29. The molecule has 4 nitrogen and oxygen atoms in total. The summed E-state index contributed by atoms with van der Waals surface area (Å²) in [5, 5.41) is 3.33. The minimum atomic E-state index is 0.603. The first kappa shape index (κ1) is 13.7. The van der Waals surface area contributed by atoms with E-state index in [1.165, 1.54) is 18.5 Å². The van der Waals surface area contributed by atoms with E-state index in [0.717, 1.165) is 33.0 Å². The van der Waals surface area contributed by atoms with Gasteiger partial charge in [0.15, 0.2) is 5.82 Å². The van der Waals surface area contributed by atoms with Crippen LogP contribution in [0.5, 0.6) is 0 Å². The Morgan fingerprint density at radius 1 is 1.30 bits per heavy atom. The molecule has 0 saturated heterocycles. The fraction of sp³-hybridized carbons (Fsp3) is 0.400. The molecule has 0 unspecified atom stereocenters. The standard InChI is InChI=1S/C15H17IN4/c1-3-17-15-12(16)13(10-5-6-10)19-14(20-15)11-7-4-9(2)8-18-11/h4,7-8,10H,3,5-6H2,1-2H3,(H,17,19,20). The molecule has 0 atom stereocenters. The molecular weight excluding hydrogens is 363 g/mol. The van der Waals surface area contributed by atoms with Crippen LogP contribution in [0.25, 0.3) is 11.5 Å². The van der Waals surface area contributed by atoms with Crippen LogP contribution in [-0.4, -0.2) is 21.5 Å². The molecule has 0 bridgehead atoms. The smallest absolute Gasteiger partial charge is 0.180 e. The third-order valence-electron chi connectivity index (χ3n) is 3.33. The molecule has 1 aliphatic carbocycles. The summed E-state index contributed by atoms with van der Waals surface area (Å²) in [6.07, 6.45) is 4.33. The number of anilines is 1. The molecule has 1 N–H and O–H groups in total. The Hall–Kier alpha value is -1.24. The Kier molecular flexibility index (Phi) is 3.87. The maximum absolute atomic E-state index is 4.76. The molecule has 0 aromatic carbocycles. The molecule has 104 valence electrons. The zero-order valence-corrected chi connectivity index (χ0v) is 13.8. The lowest BCUT2D eigenvalue weighted by Gasteiger charge is -2.11. The minimum absolute atomic E-state index is 0.603. The van der Waals surface area contributed by atoms with E-state index in [0.29, 0.717) is 5.92 Å². The molecule has 0 amide bonds. The maximum Gasteiger partial charge on any atom is 0.180 e. The van der Waals surface area contributed by atoms with Gasteiger partial charge in [0.25, 0.3) is 0 Å². The van der Waals surface area contributed by atoms with Gasteiger partial charge in [-0.3, -0.25) is 4.98 Å². The van der Waals surface area contributed by atoms with Crippen LogP contribution in [-0.2, 0) is 0 Å². The van der Waals surface area contributed by atoms with Crippen molar-refractivity contribution in [2.75, 3.05) is 11.9 Å². The van der Waals surface area contributed by atoms with Crippen molar-refractivity contribution in [3.8, 4) is 11.5 Å². The quantitative estimate of drug-likeness (QED) is 0.821. The number of aromatic nitrogens is 3. The Labute approximate surface area is 132 Å². The number of aryl methyl sites for hydroxylation is 1. The summed E-state index contributed by atoms with van der Waals surface area (Å²) >= 11 is 2.35. The zero-order valence-electron chi connectivity index (χ0n) is 11.7. The van der Waals surface area contributed by atoms with Crippen molar-refractivity contribution in [2.24, 2.45) is 0 Å². The van der Waals surface area contributed by atoms with Crippen LogP contribution in [0, 0.1) is 10.5 Å². The van der Waals surface area contributed by atoms with Gasteiger partial charge >= 0.3 is 0 Å². The summed E-state index contributed by atoms with van der Waals surface area (Å²) in [5.74, 6) is 2.26. The molecule has 20 heavy (non-hydrogen) atoms. The van der Waals surface area contributed by atoms with Gasteiger partial charge in [-0.1, -0.05) is 6.07 Å². The highest BCUT2D eigenvalue weighted by molar-refractivity contribution is 14.1. The first-order valence-electron chi connectivity index (χ1n) is 6.93. The summed E-state index contributed by atoms with van der Waals surface area (Å²) in [7, 11) is 0. The number of rotatable bonds is 4. The monoisotopic (exact) mass is 380 g/mol. The SMILES string of the molecule is CCNc1nc(-c2ccc(C)cn2)nc(C2CC2)c1I. The highest BCUT2D eigenvalue weighted by Crippen LogP contribution is 2.42. The van der Waals surface area contributed by atoms with E-state index < -0.39 is 0 Å². The Bertz CT molecular complexity index is 621. The van der Waals surface area contributed by atoms with E-state index >= 15 is 0 Å². The van der Waals surface area contributed by atoms with Gasteiger partial charge in [0, 0.05) is 18.7 Å². The van der Waals surface area contributed by atoms with Crippen LogP contribution in [0.2, 0.25) is 0 Å². The molecular formula is C15H17IN4. The molecule has 5 heteroatoms. The number of hydrogen-bond donors (Lipinski definition) is 1. The Morgan fingerprint density at radius 2 is 2.10 bits per heavy atom. The number of nitrogens with one attached hydrogen (secondary N) is 1. The van der Waals surface area contributed by atoms with E-state index in [4.69, 9.17) is 4.98 Å². The minimum Gasteiger partial charge on any atom is -0.369 e. The fourth-order valence-electron chi connectivity index (χ4n) is 2.09. The van der Waals surface area contributed by atoms with Crippen molar-refractivity contribution in [2.45, 2.75) is 32.6 Å². The van der Waals surface area contributed by atoms with Crippen molar-refractivity contribution in [3.05, 3.63) is 33.2 Å². The van der Waals surface area contributed by atoms with Gasteiger partial charge in [0.05, 0.1) is 9.26 Å². The molecule has 1 aliphatic rings. The van der Waals surface area contributed by atoms with E-state index in [-0.39, 0.29) is 0 Å². The summed E-state index contributed by atoms with van der Waals surface area (Å²) in [6.45, 7) is 4.97. The molecule has 1 fully saturated rings. The summed E-state index contributed by atoms with van der Waals surface area (Å²) in [4.78, 5) is 13.8. The van der Waals surface area contributed by atoms with Crippen LogP contribution < -0.4 is 5.32 Å². The van der Waals surface area contributed by atoms with Crippen LogP contribution in [0.3, 0.4) is 0 Å². The predicted octanol–water partition coefficient (Wildman–Crippen LogP) is 3.76. The third kappa shape index (κ3) is 2.77. The molecule has 2 aromatic heterocycles. The third-order valence-corrected chi connectivity index (χ3v) is 4.39. The molecule has 2 aromatic rings. The highest BCUT2D eigenvalue weighted by atomic mass is 127. The summed E-state index contributed by atoms with van der Waals surface area (Å²) < 4.78 is 1.16. The fourth-order valence-corrected chi connectivity index (χ4v) is 2.96. The lowest BCUT2D eigenvalue weighted by atomic mass is 10.2. The van der Waals surface area contributed by atoms with Crippen molar-refractivity contribution >= 4 is 28.4 Å². The topological polar surface area (TPSA) is 50.7 Å². The lowest BCUT2D eigenvalue weighted by molar-refractivity contribution is 0.966. The molecule has 3 rings (SSSR count). The van der Waals surface area contributed by atoms with Gasteiger partial charge in [-0.05, 0) is 60.9 Å². The van der Waals surface area contributed by atoms with Gasteiger partial charge in [-0.15, -0.1) is 0 Å². The van der Waals surface area contributed by atoms with E-state index in [9.17, 15) is 0 Å². The van der Waals surface area contributed by atoms with Crippen molar-refractivity contribution in [1.29, 1.82) is 0 Å². The number of nitrogens with zero attached hydrogens (tertiary/aromatic N) is 3. The van der Waals surface area contributed by atoms with Crippen molar-refractivity contribution < 1.29 is 0 Å². The largest absolute Gasteiger partial charge is 0.369 e. The van der Waals surface area contributed by atoms with Crippen LogP contribution in [0.15, 0.2) is 18.3 Å². The molecule has 0 spiro atoms. The van der Waals surface area contributed by atoms with E-state index in [1.54, 1.807) is 0 Å². The molecule has 0 aliphatic heterocycles. The average Bonchev–Trinajstić information content (AvgIpc) is 3.27. The first-order valence-corrected chi connectivity index (χ1v) is 8.01. The number of halogens is 1. The zero-order chi connectivity index (χ0) is 14.1. The van der Waals surface area contributed by atoms with Crippen LogP contribution >= 0.6 is 22.6 Å². The maximum atomic E-state index is 4.76. The van der Waals surface area contributed by atoms with Crippen molar-refractivity contribution in [1.82, 2.24) is 15.0 Å². The van der Waals surface area contributed by atoms with Gasteiger partial charge in [0.2, 0.25) is 0 Å². The van der Waals surface area contributed by atoms with Gasteiger partial charge in [-0.25, -0.2) is 9.97 Å². The first-order chi connectivity index (χ1) is 9.69. The summed E-state index contributed by atoms with van der Waals surface area (Å²) in [5.41, 5.74) is 3.16. The second-order valence-corrected chi connectivity index (χ2v) is 6.20. The van der Waals surface area contributed by atoms with E-state index in [2.05, 4.69) is 44.8 Å².